The summed E-state index contributed by atoms with van der Waals surface area (Å²) in [5.74, 6) is -0.696. The first-order valence-corrected chi connectivity index (χ1v) is 15.2. The second kappa shape index (κ2) is 7.64. The normalized spacial score (nSPS) is 27.9. The second-order valence-corrected chi connectivity index (χ2v) is 14.4. The van der Waals surface area contributed by atoms with Gasteiger partial charge in [0.15, 0.2) is 15.6 Å². The van der Waals surface area contributed by atoms with Crippen molar-refractivity contribution in [1.29, 1.82) is 0 Å². The first kappa shape index (κ1) is 23.4. The van der Waals surface area contributed by atoms with Gasteiger partial charge in [0.2, 0.25) is 5.91 Å². The number of carbonyl (C=O) groups is 2. The summed E-state index contributed by atoms with van der Waals surface area (Å²) in [6, 6.07) is 9.35. The van der Waals surface area contributed by atoms with Crippen molar-refractivity contribution < 1.29 is 27.2 Å². The summed E-state index contributed by atoms with van der Waals surface area (Å²) >= 11 is 1.70. The molecule has 5 fully saturated rings. The summed E-state index contributed by atoms with van der Waals surface area (Å²) in [6.45, 7) is 3.25. The first-order chi connectivity index (χ1) is 17.6. The summed E-state index contributed by atoms with van der Waals surface area (Å²) in [5.41, 5.74) is 1.52. The van der Waals surface area contributed by atoms with Crippen LogP contribution >= 0.6 is 11.3 Å². The predicted octanol–water partition coefficient (Wildman–Crippen LogP) is 3.14. The van der Waals surface area contributed by atoms with Crippen molar-refractivity contribution in [2.45, 2.75) is 42.3 Å². The van der Waals surface area contributed by atoms with Gasteiger partial charge in [-0.3, -0.25) is 14.9 Å². The monoisotopic (exact) mass is 541 g/mol. The molecule has 0 spiro atoms. The van der Waals surface area contributed by atoms with Gasteiger partial charge in [0, 0.05) is 30.4 Å². The van der Waals surface area contributed by atoms with Crippen LogP contribution < -0.4 is 10.2 Å². The van der Waals surface area contributed by atoms with Crippen molar-refractivity contribution in [2.75, 3.05) is 37.5 Å². The van der Waals surface area contributed by atoms with E-state index in [1.54, 1.807) is 11.3 Å². The number of carbonyl (C=O) groups excluding carboxylic acids is 2. The van der Waals surface area contributed by atoms with Crippen LogP contribution in [-0.2, 0) is 29.5 Å². The average Bonchev–Trinajstić information content (AvgIpc) is 3.31. The van der Waals surface area contributed by atoms with Crippen molar-refractivity contribution >= 4 is 48.9 Å². The fourth-order valence-corrected chi connectivity index (χ4v) is 8.83. The van der Waals surface area contributed by atoms with Crippen molar-refractivity contribution in [1.82, 2.24) is 10.3 Å². The minimum atomic E-state index is -3.35. The Morgan fingerprint density at radius 2 is 1.81 bits per heavy atom. The number of aromatic nitrogens is 1. The van der Waals surface area contributed by atoms with Gasteiger partial charge in [-0.1, -0.05) is 0 Å². The molecule has 1 aliphatic heterocycles. The Morgan fingerprint density at radius 1 is 1.08 bits per heavy atom. The van der Waals surface area contributed by atoms with Crippen LogP contribution in [0.2, 0.25) is 0 Å². The van der Waals surface area contributed by atoms with Crippen LogP contribution in [0.25, 0.3) is 10.2 Å². The zero-order valence-corrected chi connectivity index (χ0v) is 22.0. The number of nitrogens with one attached hydrogen (secondary N) is 1. The van der Waals surface area contributed by atoms with Gasteiger partial charge < -0.3 is 14.1 Å². The van der Waals surface area contributed by atoms with E-state index in [0.29, 0.717) is 32.1 Å². The summed E-state index contributed by atoms with van der Waals surface area (Å²) in [7, 11) is -3.35. The molecule has 2 bridgehead atoms. The van der Waals surface area contributed by atoms with Crippen LogP contribution in [0.1, 0.15) is 53.4 Å². The Labute approximate surface area is 218 Å². The highest BCUT2D eigenvalue weighted by molar-refractivity contribution is 7.91. The molecular formula is C26H27N3O6S2. The molecule has 3 aromatic rings. The maximum Gasteiger partial charge on any atom is 0.293 e. The average molecular weight is 542 g/mol. The van der Waals surface area contributed by atoms with Gasteiger partial charge in [0.05, 0.1) is 28.8 Å². The summed E-state index contributed by atoms with van der Waals surface area (Å²) in [6.07, 6.45) is 4.16. The minimum Gasteiger partial charge on any atom is -0.454 e. The number of imide groups is 1. The maximum absolute atomic E-state index is 13.0. The third-order valence-corrected chi connectivity index (χ3v) is 11.9. The third-order valence-electron chi connectivity index (χ3n) is 8.63. The molecule has 2 amide bonds. The molecule has 0 radical (unpaired) electrons. The predicted molar refractivity (Wildman–Crippen MR) is 138 cm³/mol. The second-order valence-electron chi connectivity index (χ2n) is 11.1. The molecule has 1 N–H and O–H groups in total. The van der Waals surface area contributed by atoms with Crippen LogP contribution in [0.15, 0.2) is 34.7 Å². The number of furan rings is 1. The van der Waals surface area contributed by atoms with Crippen LogP contribution in [0.5, 0.6) is 0 Å². The van der Waals surface area contributed by atoms with E-state index in [-0.39, 0.29) is 22.8 Å². The molecular weight excluding hydrogens is 514 g/mol. The smallest absolute Gasteiger partial charge is 0.293 e. The Hall–Kier alpha value is -2.76. The van der Waals surface area contributed by atoms with E-state index in [1.807, 2.05) is 0 Å². The molecule has 11 heteroatoms. The number of sulfone groups is 1. The number of nitrogens with zero attached hydrogens (tertiary/aromatic N) is 2. The Bertz CT molecular complexity index is 1540. The first-order valence-electron chi connectivity index (χ1n) is 12.5. The van der Waals surface area contributed by atoms with Gasteiger partial charge in [-0.25, -0.2) is 13.4 Å². The van der Waals surface area contributed by atoms with E-state index in [2.05, 4.69) is 28.4 Å². The molecule has 9 nitrogen and oxygen atoms in total. The van der Waals surface area contributed by atoms with Crippen molar-refractivity contribution in [2.24, 2.45) is 5.41 Å². The van der Waals surface area contributed by atoms with Gasteiger partial charge in [-0.15, -0.1) is 11.3 Å². The number of fused-ring (bicyclic) bond motifs is 1. The highest BCUT2D eigenvalue weighted by Gasteiger charge is 2.73. The van der Waals surface area contributed by atoms with E-state index in [1.165, 1.54) is 24.1 Å². The van der Waals surface area contributed by atoms with Crippen LogP contribution in [-0.4, -0.2) is 57.8 Å². The van der Waals surface area contributed by atoms with Crippen molar-refractivity contribution in [3.8, 4) is 0 Å². The van der Waals surface area contributed by atoms with E-state index < -0.39 is 25.9 Å². The van der Waals surface area contributed by atoms with Gasteiger partial charge in [0.1, 0.15) is 15.5 Å². The third kappa shape index (κ3) is 3.43. The maximum atomic E-state index is 13.0. The Kier molecular flexibility index (Phi) is 4.83. The van der Waals surface area contributed by atoms with Gasteiger partial charge in [0.25, 0.3) is 5.91 Å². The molecule has 2 aromatic heterocycles. The number of morpholine rings is 1. The molecule has 0 atom stereocenters. The molecule has 4 aliphatic carbocycles. The fraction of sp³-hybridized carbons (Fsp3) is 0.500. The lowest BCUT2D eigenvalue weighted by Gasteiger charge is -2.68. The largest absolute Gasteiger partial charge is 0.454 e. The molecule has 3 heterocycles. The fourth-order valence-electron chi connectivity index (χ4n) is 6.33. The van der Waals surface area contributed by atoms with E-state index in [0.717, 1.165) is 41.5 Å². The molecule has 194 valence electrons. The number of amides is 2. The summed E-state index contributed by atoms with van der Waals surface area (Å²) in [4.78, 5) is 32.9. The number of hydrogen-bond acceptors (Lipinski definition) is 9. The lowest BCUT2D eigenvalue weighted by Crippen LogP contribution is -2.70. The number of thiazole rings is 1. The Balaban J connectivity index is 1.01. The van der Waals surface area contributed by atoms with Gasteiger partial charge in [-0.05, 0) is 62.4 Å². The SMILES string of the molecule is CS(=O)(=O)C1(c2ccc(C(=O)NC(=O)C34CC(c5nc6ccc(N7CCOCC7)cc6s5)(C3)C4)o2)CC1. The van der Waals surface area contributed by atoms with Gasteiger partial charge >= 0.3 is 0 Å². The van der Waals surface area contributed by atoms with E-state index in [4.69, 9.17) is 14.1 Å². The zero-order chi connectivity index (χ0) is 25.6. The quantitative estimate of drug-likeness (QED) is 0.473. The standard InChI is InChI=1S/C26H27N3O6S2/c1-37(32,33)26(6-7-26)20-5-4-18(35-20)21(30)28-22(31)24-13-25(14-24,15-24)23-27-17-3-2-16(12-19(17)36-23)29-8-10-34-11-9-29/h2-5,12H,6-11,13-15H2,1H3,(H,28,30,31). The molecule has 8 rings (SSSR count). The van der Waals surface area contributed by atoms with Crippen molar-refractivity contribution in [3.63, 3.8) is 0 Å². The molecule has 4 saturated carbocycles. The van der Waals surface area contributed by atoms with Gasteiger partial charge in [-0.2, -0.15) is 0 Å². The highest BCUT2D eigenvalue weighted by atomic mass is 32.2. The lowest BCUT2D eigenvalue weighted by molar-refractivity contribution is -0.174. The number of hydrogen-bond donors (Lipinski definition) is 1. The molecule has 0 unspecified atom stereocenters. The number of anilines is 1. The number of ether oxygens (including phenoxy) is 1. The molecule has 1 saturated heterocycles. The number of rotatable bonds is 6. The summed E-state index contributed by atoms with van der Waals surface area (Å²) < 4.78 is 35.4. The highest BCUT2D eigenvalue weighted by Crippen LogP contribution is 2.74. The summed E-state index contributed by atoms with van der Waals surface area (Å²) in [5, 5.41) is 3.55. The topological polar surface area (TPSA) is 119 Å². The van der Waals surface area contributed by atoms with E-state index in [9.17, 15) is 18.0 Å². The lowest BCUT2D eigenvalue weighted by atomic mass is 9.35. The number of benzene rings is 1. The Morgan fingerprint density at radius 3 is 2.49 bits per heavy atom. The van der Waals surface area contributed by atoms with Crippen LogP contribution in [0.3, 0.4) is 0 Å². The zero-order valence-electron chi connectivity index (χ0n) is 20.4. The van der Waals surface area contributed by atoms with E-state index >= 15 is 0 Å². The minimum absolute atomic E-state index is 0.0400. The van der Waals surface area contributed by atoms with Crippen molar-refractivity contribution in [3.05, 3.63) is 46.9 Å². The molecule has 37 heavy (non-hydrogen) atoms. The van der Waals surface area contributed by atoms with Crippen LogP contribution in [0.4, 0.5) is 5.69 Å². The van der Waals surface area contributed by atoms with Crippen LogP contribution in [0, 0.1) is 5.41 Å². The molecule has 5 aliphatic rings. The molecule has 1 aromatic carbocycles.